The Morgan fingerprint density at radius 3 is 1.91 bits per heavy atom. The number of pyridine rings is 1. The average Bonchev–Trinajstić information content (AvgIpc) is 3.84. The summed E-state index contributed by atoms with van der Waals surface area (Å²) in [5.74, 6) is 2.50. The van der Waals surface area contributed by atoms with Crippen LogP contribution in [0.4, 0.5) is 27.1 Å². The van der Waals surface area contributed by atoms with E-state index in [9.17, 15) is 0 Å². The van der Waals surface area contributed by atoms with Gasteiger partial charge in [-0.2, -0.15) is 0 Å². The summed E-state index contributed by atoms with van der Waals surface area (Å²) in [6.07, 6.45) is 1.84. The van der Waals surface area contributed by atoms with Gasteiger partial charge in [0.25, 0.3) is 0 Å². The molecule has 3 heterocycles. The van der Waals surface area contributed by atoms with E-state index < -0.39 is 0 Å². The fourth-order valence-electron chi connectivity index (χ4n) is 9.36. The minimum atomic E-state index is -0.209. The zero-order valence-electron chi connectivity index (χ0n) is 37.6. The van der Waals surface area contributed by atoms with E-state index in [1.807, 2.05) is 36.5 Å². The van der Waals surface area contributed by atoms with Gasteiger partial charge in [-0.25, -0.2) is 9.37 Å². The van der Waals surface area contributed by atoms with Crippen molar-refractivity contribution >= 4 is 44.6 Å². The topological polar surface area (TPSA) is 33.5 Å². The summed E-state index contributed by atoms with van der Waals surface area (Å²) < 4.78 is 24.5. The van der Waals surface area contributed by atoms with Crippen molar-refractivity contribution in [3.63, 3.8) is 0 Å². The number of para-hydroxylation sites is 3. The molecule has 10 rings (SSSR count). The molecule has 1 aliphatic heterocycles. The third-order valence-electron chi connectivity index (χ3n) is 12.7. The summed E-state index contributed by atoms with van der Waals surface area (Å²) in [6, 6.07) is 56.6. The first kappa shape index (κ1) is 40.9. The zero-order chi connectivity index (χ0) is 44.3. The molecule has 9 aromatic rings. The van der Waals surface area contributed by atoms with Crippen LogP contribution in [0.1, 0.15) is 77.0 Å². The molecule has 6 heteroatoms. The number of anilines is 4. The molecule has 5 nitrogen and oxygen atoms in total. The normalized spacial score (nSPS) is 12.8. The SMILES string of the molecule is CC(C)c1cc(-c2ccccc2F)cc(C(C)C)c1N1CN(c2cc(Oc3ccc4c5ccccc5n(-c5ccccn5)c4c3)cc(-c3ccc(C(C)(C)C)cc3)c2)c2ccccc21. The van der Waals surface area contributed by atoms with Crippen molar-refractivity contribution in [2.75, 3.05) is 16.5 Å². The maximum atomic E-state index is 15.3. The van der Waals surface area contributed by atoms with Crippen LogP contribution < -0.4 is 14.5 Å². The number of hydrogen-bond donors (Lipinski definition) is 0. The number of ether oxygens (including phenoxy) is 1. The van der Waals surface area contributed by atoms with Crippen molar-refractivity contribution in [3.8, 4) is 39.6 Å². The minimum Gasteiger partial charge on any atom is -0.457 e. The Morgan fingerprint density at radius 1 is 0.562 bits per heavy atom. The lowest BCUT2D eigenvalue weighted by Crippen LogP contribution is -2.26. The van der Waals surface area contributed by atoms with Crippen LogP contribution in [0.15, 0.2) is 170 Å². The highest BCUT2D eigenvalue weighted by Gasteiger charge is 2.33. The lowest BCUT2D eigenvalue weighted by atomic mass is 9.86. The number of nitrogens with zero attached hydrogens (tertiary/aromatic N) is 4. The van der Waals surface area contributed by atoms with E-state index >= 15 is 4.39 Å². The Morgan fingerprint density at radius 2 is 1.22 bits per heavy atom. The van der Waals surface area contributed by atoms with Crippen molar-refractivity contribution in [2.24, 2.45) is 0 Å². The molecule has 0 N–H and O–H groups in total. The first-order valence-corrected chi connectivity index (χ1v) is 22.4. The Hall–Kier alpha value is -7.18. The van der Waals surface area contributed by atoms with E-state index in [1.54, 1.807) is 12.1 Å². The molecule has 0 aliphatic carbocycles. The molecule has 0 saturated heterocycles. The van der Waals surface area contributed by atoms with Crippen LogP contribution in [-0.4, -0.2) is 16.2 Å². The number of halogens is 1. The molecule has 64 heavy (non-hydrogen) atoms. The summed E-state index contributed by atoms with van der Waals surface area (Å²) in [6.45, 7) is 16.3. The molecule has 0 amide bonds. The zero-order valence-corrected chi connectivity index (χ0v) is 37.6. The van der Waals surface area contributed by atoms with Gasteiger partial charge in [-0.3, -0.25) is 4.57 Å². The Bertz CT molecular complexity index is 3150. The predicted octanol–water partition coefficient (Wildman–Crippen LogP) is 16.2. The van der Waals surface area contributed by atoms with Crippen LogP contribution in [0, 0.1) is 5.82 Å². The quantitative estimate of drug-likeness (QED) is 0.145. The molecule has 2 aromatic heterocycles. The first-order chi connectivity index (χ1) is 30.9. The molecule has 0 fully saturated rings. The van der Waals surface area contributed by atoms with Gasteiger partial charge in [0.2, 0.25) is 0 Å². The summed E-state index contributed by atoms with van der Waals surface area (Å²) >= 11 is 0. The molecule has 0 spiro atoms. The van der Waals surface area contributed by atoms with Gasteiger partial charge < -0.3 is 14.5 Å². The highest BCUT2D eigenvalue weighted by Crippen LogP contribution is 2.50. The lowest BCUT2D eigenvalue weighted by molar-refractivity contribution is 0.483. The Kier molecular flexibility index (Phi) is 10.3. The summed E-state index contributed by atoms with van der Waals surface area (Å²) in [7, 11) is 0. The summed E-state index contributed by atoms with van der Waals surface area (Å²) in [5, 5.41) is 2.30. The smallest absolute Gasteiger partial charge is 0.137 e. The number of benzene rings is 7. The largest absolute Gasteiger partial charge is 0.457 e. The molecule has 0 bridgehead atoms. The maximum Gasteiger partial charge on any atom is 0.137 e. The summed E-state index contributed by atoms with van der Waals surface area (Å²) in [5.41, 5.74) is 14.0. The van der Waals surface area contributed by atoms with Crippen LogP contribution in [0.5, 0.6) is 11.5 Å². The van der Waals surface area contributed by atoms with Gasteiger partial charge in [-0.1, -0.05) is 127 Å². The lowest BCUT2D eigenvalue weighted by Gasteiger charge is -2.30. The van der Waals surface area contributed by atoms with Gasteiger partial charge in [0.05, 0.1) is 22.4 Å². The van der Waals surface area contributed by atoms with Crippen LogP contribution in [0.3, 0.4) is 0 Å². The average molecular weight is 841 g/mol. The van der Waals surface area contributed by atoms with Crippen LogP contribution in [0.2, 0.25) is 0 Å². The fraction of sp³-hybridized carbons (Fsp3) is 0.190. The van der Waals surface area contributed by atoms with Crippen molar-refractivity contribution < 1.29 is 9.13 Å². The molecule has 318 valence electrons. The van der Waals surface area contributed by atoms with Crippen LogP contribution in [0.25, 0.3) is 49.9 Å². The monoisotopic (exact) mass is 840 g/mol. The molecule has 0 saturated carbocycles. The van der Waals surface area contributed by atoms with E-state index in [1.165, 1.54) is 22.4 Å². The predicted molar refractivity (Wildman–Crippen MR) is 265 cm³/mol. The number of rotatable bonds is 9. The second-order valence-electron chi connectivity index (χ2n) is 18.6. The second-order valence-corrected chi connectivity index (χ2v) is 18.6. The third-order valence-corrected chi connectivity index (χ3v) is 12.7. The van der Waals surface area contributed by atoms with E-state index in [2.05, 4.69) is 184 Å². The maximum absolute atomic E-state index is 15.3. The van der Waals surface area contributed by atoms with Crippen molar-refractivity contribution in [2.45, 2.75) is 65.7 Å². The van der Waals surface area contributed by atoms with Crippen LogP contribution in [-0.2, 0) is 5.41 Å². The molecular formula is C58H53FN4O. The number of aromatic nitrogens is 2. The van der Waals surface area contributed by atoms with E-state index in [4.69, 9.17) is 9.72 Å². The standard InChI is InChI=1S/C58H53FN4O/c1-37(2)49-32-41(46-16-8-10-18-51(46)59)33-50(38(3)4)57(49)62-36-61(53-20-12-13-21-54(53)62)43-30-40(39-23-25-42(26-24-39)58(5,6)7)31-45(34-43)64-44-27-28-48-47-17-9-11-19-52(47)63(55(48)35-44)56-22-14-15-29-60-56/h8-35,37-38H,36H2,1-7H3. The highest BCUT2D eigenvalue weighted by atomic mass is 19.1. The molecule has 0 atom stereocenters. The third kappa shape index (κ3) is 7.37. The second kappa shape index (κ2) is 16.2. The first-order valence-electron chi connectivity index (χ1n) is 22.4. The van der Waals surface area contributed by atoms with Gasteiger partial charge >= 0.3 is 0 Å². The Balaban J connectivity index is 1.11. The highest BCUT2D eigenvalue weighted by molar-refractivity contribution is 6.09. The van der Waals surface area contributed by atoms with Crippen molar-refractivity contribution in [3.05, 3.63) is 192 Å². The molecule has 7 aromatic carbocycles. The van der Waals surface area contributed by atoms with Crippen LogP contribution >= 0.6 is 0 Å². The van der Waals surface area contributed by atoms with Gasteiger partial charge in [0.15, 0.2) is 0 Å². The molecule has 1 aliphatic rings. The number of hydrogen-bond acceptors (Lipinski definition) is 4. The van der Waals surface area contributed by atoms with E-state index in [-0.39, 0.29) is 23.1 Å². The van der Waals surface area contributed by atoms with Gasteiger partial charge in [-0.15, -0.1) is 0 Å². The number of fused-ring (bicyclic) bond motifs is 4. The Labute approximate surface area is 376 Å². The van der Waals surface area contributed by atoms with Crippen molar-refractivity contribution in [1.29, 1.82) is 0 Å². The molecule has 0 radical (unpaired) electrons. The van der Waals surface area contributed by atoms with Gasteiger partial charge in [-0.05, 0) is 123 Å². The van der Waals surface area contributed by atoms with Crippen molar-refractivity contribution in [1.82, 2.24) is 9.55 Å². The summed E-state index contributed by atoms with van der Waals surface area (Å²) in [4.78, 5) is 9.61. The van der Waals surface area contributed by atoms with Gasteiger partial charge in [0, 0.05) is 46.0 Å². The fourth-order valence-corrected chi connectivity index (χ4v) is 9.36. The molecular weight excluding hydrogens is 788 g/mol. The van der Waals surface area contributed by atoms with E-state index in [0.29, 0.717) is 12.2 Å². The van der Waals surface area contributed by atoms with Gasteiger partial charge in [0.1, 0.15) is 29.8 Å². The minimum absolute atomic E-state index is 0.0326. The molecule has 0 unspecified atom stereocenters. The van der Waals surface area contributed by atoms with E-state index in [0.717, 1.165) is 72.9 Å².